The molecule has 35 heavy (non-hydrogen) atoms. The maximum atomic E-state index is 13.4. The summed E-state index contributed by atoms with van der Waals surface area (Å²) < 4.78 is 28.0. The zero-order chi connectivity index (χ0) is 24.7. The highest BCUT2D eigenvalue weighted by Gasteiger charge is 2.45. The molecule has 7 nitrogen and oxygen atoms in total. The van der Waals surface area contributed by atoms with Gasteiger partial charge in [-0.1, -0.05) is 42.0 Å². The predicted octanol–water partition coefficient (Wildman–Crippen LogP) is 4.36. The van der Waals surface area contributed by atoms with Crippen LogP contribution in [0.4, 0.5) is 0 Å². The van der Waals surface area contributed by atoms with Crippen molar-refractivity contribution in [3.8, 4) is 5.75 Å². The lowest BCUT2D eigenvalue weighted by Crippen LogP contribution is -2.53. The van der Waals surface area contributed by atoms with Gasteiger partial charge >= 0.3 is 0 Å². The van der Waals surface area contributed by atoms with Gasteiger partial charge in [-0.2, -0.15) is 8.42 Å². The normalized spacial score (nSPS) is 23.8. The summed E-state index contributed by atoms with van der Waals surface area (Å²) in [5.41, 5.74) is 4.54. The second kappa shape index (κ2) is 9.26. The number of H-pyrrole nitrogens is 1. The number of phenolic OH excluding ortho intramolecular Hbond substituents is 1. The molecule has 3 aliphatic rings. The Balaban J connectivity index is 1.58. The van der Waals surface area contributed by atoms with Gasteiger partial charge in [-0.3, -0.25) is 13.9 Å². The molecule has 0 spiro atoms. The van der Waals surface area contributed by atoms with E-state index in [0.29, 0.717) is 16.9 Å². The number of nitrogens with zero attached hydrogens (tertiary/aromatic N) is 1. The molecule has 3 heterocycles. The number of ketones is 1. The number of aromatic nitrogens is 1. The lowest BCUT2D eigenvalue weighted by Gasteiger charge is -2.51. The number of Topliss-reactive ketones (excluding diaryl/α,β-unsaturated/α-hetero) is 1. The van der Waals surface area contributed by atoms with E-state index in [1.807, 2.05) is 18.2 Å². The number of hydrogen-bond acceptors (Lipinski definition) is 6. The van der Waals surface area contributed by atoms with Crippen molar-refractivity contribution in [1.82, 2.24) is 9.88 Å². The molecular weight excluding hydrogens is 464 g/mol. The quantitative estimate of drug-likeness (QED) is 0.288. The first-order valence-electron chi connectivity index (χ1n) is 11.9. The molecule has 2 aromatic carbocycles. The summed E-state index contributed by atoms with van der Waals surface area (Å²) in [6.07, 6.45) is 5.11. The number of fused-ring (bicyclic) bond motifs is 4. The number of nitrogens with one attached hydrogen (secondary N) is 1. The number of hydrogen-bond donors (Lipinski definition) is 2. The minimum absolute atomic E-state index is 0.0316. The summed E-state index contributed by atoms with van der Waals surface area (Å²) in [4.78, 5) is 19.3. The van der Waals surface area contributed by atoms with Crippen molar-refractivity contribution < 1.29 is 22.5 Å². The largest absolute Gasteiger partial charge is 0.508 e. The first-order chi connectivity index (χ1) is 16.7. The first kappa shape index (κ1) is 23.8. The molecule has 2 N–H and O–H groups in total. The van der Waals surface area contributed by atoms with Crippen molar-refractivity contribution in [3.63, 3.8) is 0 Å². The molecule has 3 atom stereocenters. The average Bonchev–Trinajstić information content (AvgIpc) is 3.21. The number of allylic oxidation sites excluding steroid dienone is 1. The fraction of sp³-hybridized carbons (Fsp3) is 0.370. The number of carbonyl (C=O) groups excluding carboxylic acids is 1. The Morgan fingerprint density at radius 1 is 1.23 bits per heavy atom. The highest BCUT2D eigenvalue weighted by molar-refractivity contribution is 7.86. The summed E-state index contributed by atoms with van der Waals surface area (Å²) >= 11 is 0. The van der Waals surface area contributed by atoms with Gasteiger partial charge in [0.05, 0.1) is 6.26 Å². The smallest absolute Gasteiger partial charge is 0.264 e. The Bertz CT molecular complexity index is 1390. The summed E-state index contributed by atoms with van der Waals surface area (Å²) in [6, 6.07) is 15.4. The molecule has 2 saturated heterocycles. The molecule has 3 unspecified atom stereocenters. The molecule has 184 valence electrons. The summed E-state index contributed by atoms with van der Waals surface area (Å²) in [5.74, 6) is 0.116. The Labute approximate surface area is 205 Å². The van der Waals surface area contributed by atoms with Gasteiger partial charge in [-0.05, 0) is 49.4 Å². The van der Waals surface area contributed by atoms with Crippen LogP contribution in [0, 0.1) is 5.92 Å². The van der Waals surface area contributed by atoms with Crippen LogP contribution in [0.5, 0.6) is 5.75 Å². The Hall–Kier alpha value is -2.94. The second-order valence-electron chi connectivity index (χ2n) is 9.67. The lowest BCUT2D eigenvalue weighted by molar-refractivity contribution is 0.0617. The maximum absolute atomic E-state index is 13.4. The summed E-state index contributed by atoms with van der Waals surface area (Å²) in [7, 11) is -3.77. The fourth-order valence-electron chi connectivity index (χ4n) is 5.91. The van der Waals surface area contributed by atoms with Crippen LogP contribution in [0.15, 0.2) is 60.2 Å². The number of piperidine rings is 2. The van der Waals surface area contributed by atoms with E-state index in [1.54, 1.807) is 18.2 Å². The van der Waals surface area contributed by atoms with Crippen molar-refractivity contribution in [1.29, 1.82) is 0 Å². The number of rotatable bonds is 7. The van der Waals surface area contributed by atoms with Crippen molar-refractivity contribution in [2.45, 2.75) is 38.3 Å². The van der Waals surface area contributed by atoms with E-state index >= 15 is 0 Å². The van der Waals surface area contributed by atoms with Gasteiger partial charge in [0, 0.05) is 47.2 Å². The van der Waals surface area contributed by atoms with Gasteiger partial charge in [-0.15, -0.1) is 0 Å². The lowest BCUT2D eigenvalue weighted by atomic mass is 9.68. The standard InChI is InChI=1S/C27H30N2O5S/c1-3-19-11-18-12-22(27(19)29(15-18)14-17-7-5-4-6-8-17)26-25(24(31)16-34-35(2,32)33)21-13-20(30)9-10-23(21)28-26/h3-10,13,18,22,27-28,30H,11-12,14-16H2,1-2H3/b19-3+. The van der Waals surface area contributed by atoms with Gasteiger partial charge in [0.15, 0.2) is 5.78 Å². The minimum atomic E-state index is -3.77. The highest BCUT2D eigenvalue weighted by Crippen LogP contribution is 2.49. The molecule has 1 saturated carbocycles. The Kier molecular flexibility index (Phi) is 6.29. The van der Waals surface area contributed by atoms with Crippen molar-refractivity contribution >= 4 is 26.8 Å². The monoisotopic (exact) mass is 494 g/mol. The van der Waals surface area contributed by atoms with E-state index in [4.69, 9.17) is 4.18 Å². The maximum Gasteiger partial charge on any atom is 0.264 e. The van der Waals surface area contributed by atoms with Crippen LogP contribution in [0.1, 0.15) is 47.3 Å². The molecule has 3 fully saturated rings. The van der Waals surface area contributed by atoms with Gasteiger partial charge in [0.2, 0.25) is 0 Å². The molecule has 2 bridgehead atoms. The van der Waals surface area contributed by atoms with Crippen molar-refractivity contribution in [2.75, 3.05) is 19.4 Å². The van der Waals surface area contributed by atoms with Crippen LogP contribution in [0.2, 0.25) is 0 Å². The SMILES string of the molecule is C/C=C1\CC2CC(c3[nH]c4ccc(O)cc4c3C(=O)COS(C)(=O)=O)C1N(Cc1ccccc1)C2. The summed E-state index contributed by atoms with van der Waals surface area (Å²) in [6.45, 7) is 3.31. The molecule has 3 aromatic rings. The third-order valence-electron chi connectivity index (χ3n) is 7.22. The van der Waals surface area contributed by atoms with Crippen LogP contribution in [0.25, 0.3) is 10.9 Å². The molecule has 0 radical (unpaired) electrons. The van der Waals surface area contributed by atoms with E-state index in [-0.39, 0.29) is 17.7 Å². The van der Waals surface area contributed by atoms with Crippen LogP contribution in [-0.2, 0) is 20.8 Å². The minimum Gasteiger partial charge on any atom is -0.508 e. The van der Waals surface area contributed by atoms with Crippen LogP contribution < -0.4 is 0 Å². The van der Waals surface area contributed by atoms with Gasteiger partial charge in [0.25, 0.3) is 10.1 Å². The zero-order valence-electron chi connectivity index (χ0n) is 19.9. The third-order valence-corrected chi connectivity index (χ3v) is 7.77. The number of aromatic amines is 1. The molecular formula is C27H30N2O5S. The predicted molar refractivity (Wildman–Crippen MR) is 135 cm³/mol. The Morgan fingerprint density at radius 2 is 2.00 bits per heavy atom. The van der Waals surface area contributed by atoms with E-state index in [9.17, 15) is 18.3 Å². The molecule has 2 aliphatic heterocycles. The first-order valence-corrected chi connectivity index (χ1v) is 13.7. The van der Waals surface area contributed by atoms with E-state index in [2.05, 4.69) is 35.0 Å². The van der Waals surface area contributed by atoms with Gasteiger partial charge in [-0.25, -0.2) is 0 Å². The van der Waals surface area contributed by atoms with Gasteiger partial charge < -0.3 is 10.1 Å². The van der Waals surface area contributed by atoms with Crippen LogP contribution in [-0.4, -0.2) is 54.6 Å². The average molecular weight is 495 g/mol. The zero-order valence-corrected chi connectivity index (χ0v) is 20.7. The van der Waals surface area contributed by atoms with Crippen LogP contribution >= 0.6 is 0 Å². The fourth-order valence-corrected chi connectivity index (χ4v) is 6.24. The van der Waals surface area contributed by atoms with E-state index in [0.717, 1.165) is 43.4 Å². The summed E-state index contributed by atoms with van der Waals surface area (Å²) in [5, 5.41) is 10.7. The van der Waals surface area contributed by atoms with Crippen molar-refractivity contribution in [3.05, 3.63) is 77.0 Å². The second-order valence-corrected chi connectivity index (χ2v) is 11.3. The number of carbonyl (C=O) groups is 1. The molecule has 8 heteroatoms. The number of aromatic hydroxyl groups is 1. The molecule has 0 amide bonds. The van der Waals surface area contributed by atoms with Gasteiger partial charge in [0.1, 0.15) is 12.4 Å². The topological polar surface area (TPSA) is 99.7 Å². The molecule has 1 aromatic heterocycles. The molecule has 1 aliphatic carbocycles. The Morgan fingerprint density at radius 3 is 2.71 bits per heavy atom. The number of benzene rings is 2. The van der Waals surface area contributed by atoms with E-state index < -0.39 is 22.5 Å². The van der Waals surface area contributed by atoms with Crippen LogP contribution in [0.3, 0.4) is 0 Å². The van der Waals surface area contributed by atoms with Crippen molar-refractivity contribution in [2.24, 2.45) is 5.92 Å². The van der Waals surface area contributed by atoms with E-state index in [1.165, 1.54) is 11.1 Å². The molecule has 6 rings (SSSR count). The highest BCUT2D eigenvalue weighted by atomic mass is 32.2. The third kappa shape index (κ3) is 4.78. The number of phenols is 1.